The molecule has 0 aliphatic carbocycles. The Morgan fingerprint density at radius 2 is 1.88 bits per heavy atom. The fourth-order valence-corrected chi connectivity index (χ4v) is 3.30. The minimum absolute atomic E-state index is 0.162. The van der Waals surface area contributed by atoms with Crippen molar-refractivity contribution in [2.75, 3.05) is 40.4 Å². The average Bonchev–Trinajstić information content (AvgIpc) is 2.83. The molecule has 0 saturated heterocycles. The van der Waals surface area contributed by atoms with Crippen molar-refractivity contribution in [1.29, 1.82) is 0 Å². The van der Waals surface area contributed by atoms with E-state index in [0.717, 1.165) is 36.5 Å². The summed E-state index contributed by atoms with van der Waals surface area (Å²) in [6, 6.07) is 6.27. The number of benzene rings is 1. The van der Waals surface area contributed by atoms with Crippen LogP contribution in [0.3, 0.4) is 0 Å². The molecule has 1 rings (SSSR count). The van der Waals surface area contributed by atoms with E-state index in [4.69, 9.17) is 15.3 Å². The maximum Gasteiger partial charge on any atom is 0.308 e. The molecule has 0 spiro atoms. The summed E-state index contributed by atoms with van der Waals surface area (Å²) in [5.74, 6) is 6.46. The van der Waals surface area contributed by atoms with E-state index in [9.17, 15) is 9.18 Å². The maximum absolute atomic E-state index is 13.6. The molecule has 0 radical (unpaired) electrons. The molecule has 190 valence electrons. The Hall–Kier alpha value is -2.84. The Bertz CT molecular complexity index is 831. The van der Waals surface area contributed by atoms with Gasteiger partial charge in [-0.05, 0) is 87.8 Å². The number of hydrazine groups is 1. The van der Waals surface area contributed by atoms with Gasteiger partial charge in [0.15, 0.2) is 5.88 Å². The van der Waals surface area contributed by atoms with E-state index >= 15 is 0 Å². The number of carbonyl (C=O) groups excluding carboxylic acids is 1. The third-order valence-corrected chi connectivity index (χ3v) is 5.37. The van der Waals surface area contributed by atoms with Crippen molar-refractivity contribution in [1.82, 2.24) is 15.2 Å². The van der Waals surface area contributed by atoms with Gasteiger partial charge >= 0.3 is 5.97 Å². The van der Waals surface area contributed by atoms with Crippen LogP contribution in [0.15, 0.2) is 54.1 Å². The van der Waals surface area contributed by atoms with E-state index in [-0.39, 0.29) is 17.7 Å². The summed E-state index contributed by atoms with van der Waals surface area (Å²) in [4.78, 5) is 14.3. The summed E-state index contributed by atoms with van der Waals surface area (Å²) in [5, 5.41) is 4.53. The molecule has 8 heteroatoms. The summed E-state index contributed by atoms with van der Waals surface area (Å²) in [5.41, 5.74) is 2.33. The van der Waals surface area contributed by atoms with Gasteiger partial charge in [-0.3, -0.25) is 14.7 Å². The van der Waals surface area contributed by atoms with E-state index in [2.05, 4.69) is 17.1 Å². The number of hydrogen-bond acceptors (Lipinski definition) is 7. The van der Waals surface area contributed by atoms with Crippen LogP contribution in [-0.2, 0) is 14.3 Å². The molecular weight excluding hydrogens is 435 g/mol. The molecule has 0 fully saturated rings. The first-order valence-electron chi connectivity index (χ1n) is 11.8. The molecule has 0 aromatic heterocycles. The molecule has 7 nitrogen and oxygen atoms in total. The van der Waals surface area contributed by atoms with Crippen LogP contribution in [0.4, 0.5) is 4.39 Å². The molecular formula is C26H41FN4O3. The number of allylic oxidation sites excluding steroid dienone is 3. The Kier molecular flexibility index (Phi) is 13.7. The first kappa shape index (κ1) is 29.2. The zero-order valence-corrected chi connectivity index (χ0v) is 21.4. The second-order valence-electron chi connectivity index (χ2n) is 8.00. The molecule has 1 aromatic carbocycles. The van der Waals surface area contributed by atoms with Gasteiger partial charge in [-0.15, -0.1) is 0 Å². The zero-order chi connectivity index (χ0) is 25.5. The summed E-state index contributed by atoms with van der Waals surface area (Å²) in [6.07, 6.45) is 7.36. The molecule has 34 heavy (non-hydrogen) atoms. The topological polar surface area (TPSA) is 80.1 Å². The number of nitrogens with one attached hydrogen (secondary N) is 1. The van der Waals surface area contributed by atoms with Crippen LogP contribution < -0.4 is 11.2 Å². The Balaban J connectivity index is 3.13. The lowest BCUT2D eigenvalue weighted by molar-refractivity contribution is -0.147. The molecule has 0 bridgehead atoms. The third-order valence-electron chi connectivity index (χ3n) is 5.37. The smallest absolute Gasteiger partial charge is 0.308 e. The first-order chi connectivity index (χ1) is 16.3. The molecule has 0 aliphatic heterocycles. The highest BCUT2D eigenvalue weighted by atomic mass is 19.1. The van der Waals surface area contributed by atoms with Crippen LogP contribution in [0.1, 0.15) is 46.1 Å². The van der Waals surface area contributed by atoms with Gasteiger partial charge in [-0.25, -0.2) is 10.2 Å². The highest BCUT2D eigenvalue weighted by Gasteiger charge is 2.16. The van der Waals surface area contributed by atoms with E-state index < -0.39 is 0 Å². The number of ether oxygens (including phenoxy) is 2. The van der Waals surface area contributed by atoms with Crippen molar-refractivity contribution in [3.8, 4) is 0 Å². The zero-order valence-electron chi connectivity index (χ0n) is 21.4. The van der Waals surface area contributed by atoms with Crippen LogP contribution in [0.2, 0.25) is 0 Å². The van der Waals surface area contributed by atoms with Crippen molar-refractivity contribution in [2.45, 2.75) is 40.5 Å². The SMILES string of the molecule is CCCN(C/C=C(/c1ccc(F)cc1)N(N)/C(C)=C/C=C(\NC)OC)CCC(C)C(=O)OCC. The van der Waals surface area contributed by atoms with Gasteiger partial charge in [0.1, 0.15) is 5.82 Å². The highest BCUT2D eigenvalue weighted by molar-refractivity contribution is 5.71. The van der Waals surface area contributed by atoms with E-state index in [0.29, 0.717) is 25.5 Å². The summed E-state index contributed by atoms with van der Waals surface area (Å²) in [7, 11) is 3.36. The molecule has 3 N–H and O–H groups in total. The minimum atomic E-state index is -0.304. The molecule has 0 aliphatic rings. The third kappa shape index (κ3) is 9.97. The quantitative estimate of drug-likeness (QED) is 0.129. The maximum atomic E-state index is 13.6. The Morgan fingerprint density at radius 3 is 2.44 bits per heavy atom. The highest BCUT2D eigenvalue weighted by Crippen LogP contribution is 2.21. The number of carbonyl (C=O) groups is 1. The van der Waals surface area contributed by atoms with Gasteiger partial charge < -0.3 is 14.8 Å². The number of nitrogens with two attached hydrogens (primary N) is 1. The fraction of sp³-hybridized carbons (Fsp3) is 0.500. The normalized spacial score (nSPS) is 13.6. The van der Waals surface area contributed by atoms with Crippen LogP contribution in [0.25, 0.3) is 5.70 Å². The number of halogens is 1. The number of nitrogens with zero attached hydrogens (tertiary/aromatic N) is 2. The van der Waals surface area contributed by atoms with Crippen molar-refractivity contribution in [3.63, 3.8) is 0 Å². The lowest BCUT2D eigenvalue weighted by Gasteiger charge is -2.26. The second-order valence-corrected chi connectivity index (χ2v) is 8.00. The summed E-state index contributed by atoms with van der Waals surface area (Å²) in [6.45, 7) is 10.4. The van der Waals surface area contributed by atoms with Crippen molar-refractivity contribution >= 4 is 11.7 Å². The van der Waals surface area contributed by atoms with E-state index in [1.807, 2.05) is 32.9 Å². The Morgan fingerprint density at radius 1 is 1.21 bits per heavy atom. The number of esters is 1. The second kappa shape index (κ2) is 15.9. The van der Waals surface area contributed by atoms with Gasteiger partial charge in [-0.1, -0.05) is 13.8 Å². The Labute approximate surface area is 204 Å². The van der Waals surface area contributed by atoms with Crippen LogP contribution >= 0.6 is 0 Å². The lowest BCUT2D eigenvalue weighted by Crippen LogP contribution is -2.31. The number of rotatable bonds is 15. The monoisotopic (exact) mass is 476 g/mol. The number of methoxy groups -OCH3 is 1. The summed E-state index contributed by atoms with van der Waals surface area (Å²) >= 11 is 0. The van der Waals surface area contributed by atoms with Gasteiger partial charge in [-0.2, -0.15) is 0 Å². The van der Waals surface area contributed by atoms with Crippen molar-refractivity contribution in [3.05, 3.63) is 65.5 Å². The predicted molar refractivity (Wildman–Crippen MR) is 135 cm³/mol. The van der Waals surface area contributed by atoms with Gasteiger partial charge in [0.05, 0.1) is 25.3 Å². The molecule has 1 atom stereocenters. The van der Waals surface area contributed by atoms with Crippen LogP contribution in [0, 0.1) is 11.7 Å². The fourth-order valence-electron chi connectivity index (χ4n) is 3.30. The van der Waals surface area contributed by atoms with Gasteiger partial charge in [0.2, 0.25) is 0 Å². The van der Waals surface area contributed by atoms with Crippen LogP contribution in [-0.4, -0.2) is 56.3 Å². The predicted octanol–water partition coefficient (Wildman–Crippen LogP) is 4.25. The first-order valence-corrected chi connectivity index (χ1v) is 11.8. The minimum Gasteiger partial charge on any atom is -0.483 e. The summed E-state index contributed by atoms with van der Waals surface area (Å²) < 4.78 is 23.9. The lowest BCUT2D eigenvalue weighted by atomic mass is 10.1. The molecule has 0 saturated carbocycles. The molecule has 0 amide bonds. The van der Waals surface area contributed by atoms with E-state index in [1.165, 1.54) is 12.1 Å². The van der Waals surface area contributed by atoms with Crippen molar-refractivity contribution < 1.29 is 18.7 Å². The molecule has 1 aromatic rings. The number of hydrogen-bond donors (Lipinski definition) is 2. The molecule has 1 unspecified atom stereocenters. The largest absolute Gasteiger partial charge is 0.483 e. The van der Waals surface area contributed by atoms with E-state index in [1.54, 1.807) is 37.4 Å². The van der Waals surface area contributed by atoms with Gasteiger partial charge in [0, 0.05) is 19.3 Å². The van der Waals surface area contributed by atoms with Crippen molar-refractivity contribution in [2.24, 2.45) is 11.8 Å². The van der Waals surface area contributed by atoms with Crippen LogP contribution in [0.5, 0.6) is 0 Å². The molecule has 0 heterocycles. The average molecular weight is 477 g/mol. The van der Waals surface area contributed by atoms with Gasteiger partial charge in [0.25, 0.3) is 0 Å². The standard InChI is InChI=1S/C26H41FN4O3/c1-7-17-30(18-15-20(3)26(32)34-8-2)19-16-24(22-10-12-23(27)13-11-22)31(28)21(4)9-14-25(29-5)33-6/h9-14,16,20,29H,7-8,15,17-19,28H2,1-6H3/b21-9+,24-16-,25-14+.